The topological polar surface area (TPSA) is 20.2 Å². The van der Waals surface area contributed by atoms with E-state index < -0.39 is 0 Å². The van der Waals surface area contributed by atoms with Gasteiger partial charge in [0.05, 0.1) is 0 Å². The van der Waals surface area contributed by atoms with E-state index in [1.165, 1.54) is 18.3 Å². The Kier molecular flexibility index (Phi) is 14.9. The Balaban J connectivity index is 0. The Hall–Kier alpha value is 0.583. The molecule has 2 heteroatoms. The van der Waals surface area contributed by atoms with E-state index in [9.17, 15) is 0 Å². The molecule has 0 heterocycles. The van der Waals surface area contributed by atoms with Crippen LogP contribution in [0.25, 0.3) is 0 Å². The summed E-state index contributed by atoms with van der Waals surface area (Å²) in [4.78, 5) is 0. The van der Waals surface area contributed by atoms with Crippen LogP contribution in [0.2, 0.25) is 5.52 Å². The predicted molar refractivity (Wildman–Crippen MR) is 23.2 cm³/mol. The number of aliphatic hydroxyl groups is 1. The van der Waals surface area contributed by atoms with Crippen LogP contribution in [0.4, 0.5) is 0 Å². The second-order valence-electron chi connectivity index (χ2n) is 1.09. The van der Waals surface area contributed by atoms with E-state index in [2.05, 4.69) is 5.52 Å². The molecule has 0 aromatic heterocycles. The fraction of sp³-hybridized carbons (Fsp3) is 1.00. The maximum atomic E-state index is 8.06. The van der Waals surface area contributed by atoms with Crippen molar-refractivity contribution >= 4 is 0 Å². The number of aliphatic hydroxyl groups excluding tert-OH is 1. The fourth-order valence-electron chi connectivity index (χ4n) is 0. The van der Waals surface area contributed by atoms with Gasteiger partial charge in [-0.05, 0) is 13.8 Å². The van der Waals surface area contributed by atoms with Crippen molar-refractivity contribution in [1.82, 2.24) is 0 Å². The molecular weight excluding hydrogens is 129 g/mol. The molecule has 35 valence electrons. The molecule has 0 saturated carbocycles. The molecule has 0 aromatic carbocycles. The van der Waals surface area contributed by atoms with Gasteiger partial charge in [0.25, 0.3) is 0 Å². The first-order valence-corrected chi connectivity index (χ1v) is 5.09. The van der Waals surface area contributed by atoms with Gasteiger partial charge in [0.15, 0.2) is 0 Å². The van der Waals surface area contributed by atoms with Crippen LogP contribution in [-0.2, 0) is 18.3 Å². The van der Waals surface area contributed by atoms with Crippen LogP contribution in [0.3, 0.4) is 0 Å². The first-order valence-electron chi connectivity index (χ1n) is 2.12. The van der Waals surface area contributed by atoms with Gasteiger partial charge in [0.1, 0.15) is 0 Å². The molecule has 0 fully saturated rings. The molecule has 0 radical (unpaired) electrons. The SMILES string of the molecule is CC(C)O.[CH3][Zn]. The zero-order valence-corrected chi connectivity index (χ0v) is 7.70. The number of rotatable bonds is 0. The third-order valence-corrected chi connectivity index (χ3v) is 0. The molecular formula is C4H11OZn. The van der Waals surface area contributed by atoms with Gasteiger partial charge < -0.3 is 5.11 Å². The van der Waals surface area contributed by atoms with Gasteiger partial charge in [-0.1, -0.05) is 0 Å². The zero-order chi connectivity index (χ0) is 5.58. The van der Waals surface area contributed by atoms with Gasteiger partial charge in [0, 0.05) is 6.10 Å². The van der Waals surface area contributed by atoms with Crippen LogP contribution in [-0.4, -0.2) is 11.2 Å². The van der Waals surface area contributed by atoms with Crippen molar-refractivity contribution in [2.24, 2.45) is 0 Å². The van der Waals surface area contributed by atoms with E-state index in [1.54, 1.807) is 13.8 Å². The van der Waals surface area contributed by atoms with Crippen LogP contribution < -0.4 is 0 Å². The molecule has 0 spiro atoms. The first kappa shape index (κ1) is 9.77. The van der Waals surface area contributed by atoms with E-state index in [-0.39, 0.29) is 6.10 Å². The van der Waals surface area contributed by atoms with Crippen LogP contribution in [0.15, 0.2) is 0 Å². The molecule has 0 unspecified atom stereocenters. The van der Waals surface area contributed by atoms with Crippen molar-refractivity contribution in [3.05, 3.63) is 0 Å². The summed E-state index contributed by atoms with van der Waals surface area (Å²) in [5, 5.41) is 8.06. The van der Waals surface area contributed by atoms with Crippen LogP contribution in [0.5, 0.6) is 0 Å². The molecule has 0 aliphatic carbocycles. The average molecular weight is 141 g/mol. The minimum absolute atomic E-state index is 0.167. The van der Waals surface area contributed by atoms with Crippen molar-refractivity contribution < 1.29 is 23.4 Å². The predicted octanol–water partition coefficient (Wildman–Crippen LogP) is 0.968. The summed E-state index contributed by atoms with van der Waals surface area (Å²) in [6.07, 6.45) is -0.167. The Morgan fingerprint density at radius 2 is 1.33 bits per heavy atom. The summed E-state index contributed by atoms with van der Waals surface area (Å²) in [5.74, 6) is 0. The van der Waals surface area contributed by atoms with Crippen molar-refractivity contribution in [3.8, 4) is 0 Å². The quantitative estimate of drug-likeness (QED) is 0.497. The van der Waals surface area contributed by atoms with E-state index >= 15 is 0 Å². The number of hydrogen-bond donors (Lipinski definition) is 1. The average Bonchev–Trinajstić information content (AvgIpc) is 1.41. The Morgan fingerprint density at radius 3 is 1.33 bits per heavy atom. The molecule has 0 saturated heterocycles. The van der Waals surface area contributed by atoms with Crippen molar-refractivity contribution in [1.29, 1.82) is 0 Å². The molecule has 6 heavy (non-hydrogen) atoms. The third-order valence-electron chi connectivity index (χ3n) is 0. The molecule has 0 aliphatic rings. The van der Waals surface area contributed by atoms with E-state index in [0.717, 1.165) is 0 Å². The van der Waals surface area contributed by atoms with Crippen molar-refractivity contribution in [3.63, 3.8) is 0 Å². The van der Waals surface area contributed by atoms with Crippen LogP contribution >= 0.6 is 0 Å². The molecule has 1 nitrogen and oxygen atoms in total. The van der Waals surface area contributed by atoms with Crippen molar-refractivity contribution in [2.75, 3.05) is 0 Å². The summed E-state index contributed by atoms with van der Waals surface area (Å²) in [6, 6.07) is 0. The van der Waals surface area contributed by atoms with Gasteiger partial charge in [0.2, 0.25) is 0 Å². The van der Waals surface area contributed by atoms with Gasteiger partial charge >= 0.3 is 23.8 Å². The van der Waals surface area contributed by atoms with Gasteiger partial charge in [-0.25, -0.2) is 0 Å². The van der Waals surface area contributed by atoms with E-state index in [1.807, 2.05) is 0 Å². The molecule has 0 rings (SSSR count). The summed E-state index contributed by atoms with van der Waals surface area (Å²) in [7, 11) is 0. The van der Waals surface area contributed by atoms with Crippen LogP contribution in [0, 0.1) is 0 Å². The Bertz CT molecular complexity index is 12.3. The molecule has 0 amide bonds. The normalized spacial score (nSPS) is 7.17. The zero-order valence-electron chi connectivity index (χ0n) is 4.73. The summed E-state index contributed by atoms with van der Waals surface area (Å²) < 4.78 is 0. The van der Waals surface area contributed by atoms with Gasteiger partial charge in [-0.2, -0.15) is 0 Å². The third kappa shape index (κ3) is 173. The molecule has 0 atom stereocenters. The summed E-state index contributed by atoms with van der Waals surface area (Å²) in [6.45, 7) is 3.44. The monoisotopic (exact) mass is 139 g/mol. The first-order chi connectivity index (χ1) is 2.73. The van der Waals surface area contributed by atoms with Gasteiger partial charge in [-0.15, -0.1) is 0 Å². The second-order valence-corrected chi connectivity index (χ2v) is 1.09. The molecule has 0 aromatic rings. The Morgan fingerprint density at radius 1 is 1.33 bits per heavy atom. The van der Waals surface area contributed by atoms with Gasteiger partial charge in [-0.3, -0.25) is 0 Å². The number of hydrogen-bond acceptors (Lipinski definition) is 1. The maximum absolute atomic E-state index is 8.06. The van der Waals surface area contributed by atoms with E-state index in [0.29, 0.717) is 0 Å². The standard InChI is InChI=1S/C3H8O.CH3.Zn/c1-3(2)4;;/h3-4H,1-2H3;1H3;. The summed E-state index contributed by atoms with van der Waals surface area (Å²) >= 11 is 1.38. The molecule has 0 aliphatic heterocycles. The molecule has 1 N–H and O–H groups in total. The Labute approximate surface area is 49.4 Å². The van der Waals surface area contributed by atoms with Crippen LogP contribution in [0.1, 0.15) is 13.8 Å². The molecule has 0 bridgehead atoms. The second kappa shape index (κ2) is 9.13. The van der Waals surface area contributed by atoms with E-state index in [4.69, 9.17) is 5.11 Å². The summed E-state index contributed by atoms with van der Waals surface area (Å²) in [5.41, 5.74) is 2.12. The van der Waals surface area contributed by atoms with Crippen molar-refractivity contribution in [2.45, 2.75) is 25.5 Å². The fourth-order valence-corrected chi connectivity index (χ4v) is 0. The minimum atomic E-state index is -0.167.